The summed E-state index contributed by atoms with van der Waals surface area (Å²) in [5.41, 5.74) is 1.59. The maximum absolute atomic E-state index is 5.90. The van der Waals surface area contributed by atoms with Gasteiger partial charge >= 0.3 is 0 Å². The van der Waals surface area contributed by atoms with Crippen LogP contribution in [-0.4, -0.2) is 0 Å². The van der Waals surface area contributed by atoms with Gasteiger partial charge in [0.1, 0.15) is 0 Å². The van der Waals surface area contributed by atoms with Crippen LogP contribution in [0.3, 0.4) is 0 Å². The van der Waals surface area contributed by atoms with Gasteiger partial charge in [0, 0.05) is 27.7 Å². The first-order chi connectivity index (χ1) is 8.31. The topological polar surface area (TPSA) is 12.0 Å². The lowest BCUT2D eigenvalue weighted by molar-refractivity contribution is 0.708. The molecule has 0 radical (unpaired) electrons. The van der Waals surface area contributed by atoms with Crippen molar-refractivity contribution in [1.82, 2.24) is 5.32 Å². The maximum atomic E-state index is 5.90. The molecular weight excluding hydrogens is 270 g/mol. The first-order valence-electron chi connectivity index (χ1n) is 5.86. The van der Waals surface area contributed by atoms with Gasteiger partial charge in [-0.15, -0.1) is 22.7 Å². The Kier molecular flexibility index (Phi) is 3.52. The summed E-state index contributed by atoms with van der Waals surface area (Å²) in [4.78, 5) is 4.39. The van der Waals surface area contributed by atoms with Gasteiger partial charge in [-0.05, 0) is 43.0 Å². The smallest absolute Gasteiger partial charge is 0.0931 e. The summed E-state index contributed by atoms with van der Waals surface area (Å²) in [6.07, 6.45) is 3.93. The fourth-order valence-electron chi connectivity index (χ4n) is 2.23. The SMILES string of the molecule is Clc1ccc(CNCc2cc3c(s2)CCC3)s1. The van der Waals surface area contributed by atoms with E-state index in [9.17, 15) is 0 Å². The fraction of sp³-hybridized carbons (Fsp3) is 0.385. The van der Waals surface area contributed by atoms with E-state index >= 15 is 0 Å². The standard InChI is InChI=1S/C13H14ClNS2/c14-13-5-4-10(17-13)7-15-8-11-6-9-2-1-3-12(9)16-11/h4-6,15H,1-3,7-8H2. The zero-order chi connectivity index (χ0) is 11.7. The molecule has 2 aromatic rings. The Hall–Kier alpha value is -0.350. The van der Waals surface area contributed by atoms with Gasteiger partial charge in [-0.3, -0.25) is 0 Å². The van der Waals surface area contributed by atoms with Gasteiger partial charge < -0.3 is 5.32 Å². The van der Waals surface area contributed by atoms with Crippen molar-refractivity contribution in [2.75, 3.05) is 0 Å². The van der Waals surface area contributed by atoms with Crippen molar-refractivity contribution in [3.8, 4) is 0 Å². The van der Waals surface area contributed by atoms with Crippen molar-refractivity contribution < 1.29 is 0 Å². The molecule has 4 heteroatoms. The van der Waals surface area contributed by atoms with E-state index in [-0.39, 0.29) is 0 Å². The van der Waals surface area contributed by atoms with Crippen LogP contribution >= 0.6 is 34.3 Å². The minimum atomic E-state index is 0.872. The molecule has 0 aromatic carbocycles. The van der Waals surface area contributed by atoms with E-state index in [1.807, 2.05) is 17.4 Å². The summed E-state index contributed by atoms with van der Waals surface area (Å²) in [5, 5.41) is 3.48. The molecule has 0 unspecified atom stereocenters. The highest BCUT2D eigenvalue weighted by Crippen LogP contribution is 2.30. The van der Waals surface area contributed by atoms with E-state index in [1.165, 1.54) is 29.0 Å². The summed E-state index contributed by atoms with van der Waals surface area (Å²) >= 11 is 9.53. The molecule has 90 valence electrons. The second-order valence-corrected chi connectivity index (χ2v) is 7.34. The molecular formula is C13H14ClNS2. The van der Waals surface area contributed by atoms with Crippen molar-refractivity contribution in [3.63, 3.8) is 0 Å². The molecule has 17 heavy (non-hydrogen) atoms. The van der Waals surface area contributed by atoms with Crippen LogP contribution in [-0.2, 0) is 25.9 Å². The Bertz CT molecular complexity index is 494. The molecule has 0 aliphatic heterocycles. The van der Waals surface area contributed by atoms with Crippen molar-refractivity contribution in [3.05, 3.63) is 42.7 Å². The van der Waals surface area contributed by atoms with Gasteiger partial charge in [-0.1, -0.05) is 11.6 Å². The van der Waals surface area contributed by atoms with E-state index in [0.717, 1.165) is 17.4 Å². The third kappa shape index (κ3) is 2.74. The molecule has 0 bridgehead atoms. The van der Waals surface area contributed by atoms with Gasteiger partial charge in [-0.25, -0.2) is 0 Å². The second kappa shape index (κ2) is 5.11. The maximum Gasteiger partial charge on any atom is 0.0931 e. The van der Waals surface area contributed by atoms with Crippen LogP contribution in [0.15, 0.2) is 18.2 Å². The molecule has 3 rings (SSSR count). The molecule has 1 aliphatic carbocycles. The van der Waals surface area contributed by atoms with Crippen LogP contribution in [0, 0.1) is 0 Å². The first kappa shape index (κ1) is 11.7. The summed E-state index contributed by atoms with van der Waals surface area (Å²) in [5.74, 6) is 0. The minimum absolute atomic E-state index is 0.872. The third-order valence-electron chi connectivity index (χ3n) is 3.02. The lowest BCUT2D eigenvalue weighted by atomic mass is 10.2. The van der Waals surface area contributed by atoms with Crippen molar-refractivity contribution in [1.29, 1.82) is 0 Å². The summed E-state index contributed by atoms with van der Waals surface area (Å²) in [7, 11) is 0. The molecule has 2 heterocycles. The monoisotopic (exact) mass is 283 g/mol. The lowest BCUT2D eigenvalue weighted by Crippen LogP contribution is -2.10. The molecule has 2 aromatic heterocycles. The Balaban J connectivity index is 1.54. The van der Waals surface area contributed by atoms with Gasteiger partial charge in [0.25, 0.3) is 0 Å². The van der Waals surface area contributed by atoms with Crippen LogP contribution in [0.25, 0.3) is 0 Å². The Labute approximate surface area is 114 Å². The zero-order valence-electron chi connectivity index (χ0n) is 9.46. The number of rotatable bonds is 4. The second-order valence-electron chi connectivity index (χ2n) is 4.32. The van der Waals surface area contributed by atoms with Crippen LogP contribution in [0.1, 0.15) is 26.6 Å². The number of fused-ring (bicyclic) bond motifs is 1. The normalized spacial score (nSPS) is 14.2. The highest BCUT2D eigenvalue weighted by molar-refractivity contribution is 7.16. The largest absolute Gasteiger partial charge is 0.307 e. The fourth-order valence-corrected chi connectivity index (χ4v) is 4.52. The van der Waals surface area contributed by atoms with Gasteiger partial charge in [0.2, 0.25) is 0 Å². The van der Waals surface area contributed by atoms with E-state index in [2.05, 4.69) is 17.4 Å². The lowest BCUT2D eigenvalue weighted by Gasteiger charge is -2.00. The highest BCUT2D eigenvalue weighted by atomic mass is 35.5. The number of aryl methyl sites for hydroxylation is 2. The minimum Gasteiger partial charge on any atom is -0.307 e. The molecule has 0 fully saturated rings. The average Bonchev–Trinajstić information content (AvgIpc) is 2.94. The Morgan fingerprint density at radius 3 is 2.76 bits per heavy atom. The Morgan fingerprint density at radius 2 is 2.00 bits per heavy atom. The summed E-state index contributed by atoms with van der Waals surface area (Å²) in [6.45, 7) is 1.90. The predicted molar refractivity (Wildman–Crippen MR) is 76.2 cm³/mol. The van der Waals surface area contributed by atoms with Crippen LogP contribution in [0.2, 0.25) is 4.34 Å². The van der Waals surface area contributed by atoms with Crippen molar-refractivity contribution >= 4 is 34.3 Å². The van der Waals surface area contributed by atoms with Crippen LogP contribution < -0.4 is 5.32 Å². The molecule has 0 spiro atoms. The van der Waals surface area contributed by atoms with Crippen LogP contribution in [0.5, 0.6) is 0 Å². The van der Waals surface area contributed by atoms with Crippen molar-refractivity contribution in [2.45, 2.75) is 32.4 Å². The zero-order valence-corrected chi connectivity index (χ0v) is 11.9. The Morgan fingerprint density at radius 1 is 1.12 bits per heavy atom. The van der Waals surface area contributed by atoms with E-state index < -0.39 is 0 Å². The first-order valence-corrected chi connectivity index (χ1v) is 7.88. The van der Waals surface area contributed by atoms with Crippen molar-refractivity contribution in [2.24, 2.45) is 0 Å². The number of hydrogen-bond donors (Lipinski definition) is 1. The molecule has 0 amide bonds. The summed E-state index contributed by atoms with van der Waals surface area (Å²) in [6, 6.07) is 6.43. The van der Waals surface area contributed by atoms with Gasteiger partial charge in [-0.2, -0.15) is 0 Å². The molecule has 0 atom stereocenters. The molecule has 0 saturated heterocycles. The molecule has 1 nitrogen and oxygen atoms in total. The van der Waals surface area contributed by atoms with E-state index in [0.29, 0.717) is 0 Å². The highest BCUT2D eigenvalue weighted by Gasteiger charge is 2.14. The van der Waals surface area contributed by atoms with E-state index in [4.69, 9.17) is 11.6 Å². The van der Waals surface area contributed by atoms with Gasteiger partial charge in [0.15, 0.2) is 0 Å². The van der Waals surface area contributed by atoms with Crippen LogP contribution in [0.4, 0.5) is 0 Å². The number of halogens is 1. The molecule has 0 saturated carbocycles. The van der Waals surface area contributed by atoms with E-state index in [1.54, 1.807) is 21.8 Å². The quantitative estimate of drug-likeness (QED) is 0.885. The average molecular weight is 284 g/mol. The molecule has 1 aliphatic rings. The predicted octanol–water partition coefficient (Wildman–Crippen LogP) is 4.24. The van der Waals surface area contributed by atoms with Gasteiger partial charge in [0.05, 0.1) is 4.34 Å². The summed E-state index contributed by atoms with van der Waals surface area (Å²) < 4.78 is 0.872. The number of thiophene rings is 2. The number of nitrogens with one attached hydrogen (secondary N) is 1. The third-order valence-corrected chi connectivity index (χ3v) is 5.49. The number of hydrogen-bond acceptors (Lipinski definition) is 3. The molecule has 1 N–H and O–H groups in total.